The van der Waals surface area contributed by atoms with Gasteiger partial charge in [-0.3, -0.25) is 0 Å². The van der Waals surface area contributed by atoms with E-state index in [0.29, 0.717) is 0 Å². The average Bonchev–Trinajstić information content (AvgIpc) is 2.25. The Balaban J connectivity index is 2.62. The molecule has 17 heavy (non-hydrogen) atoms. The smallest absolute Gasteiger partial charge is 0.167 e. The van der Waals surface area contributed by atoms with Gasteiger partial charge in [0, 0.05) is 6.07 Å². The van der Waals surface area contributed by atoms with E-state index in [0.717, 1.165) is 12.1 Å². The number of likely N-dealkylation sites (N-methyl/N-ethyl adjacent to an activating group) is 1. The Morgan fingerprint density at radius 3 is 2.65 bits per heavy atom. The highest BCUT2D eigenvalue weighted by Gasteiger charge is 2.13. The van der Waals surface area contributed by atoms with Crippen LogP contribution in [0.25, 0.3) is 0 Å². The second-order valence-electron chi connectivity index (χ2n) is 3.87. The molecule has 0 saturated heterocycles. The van der Waals surface area contributed by atoms with Crippen LogP contribution in [0.1, 0.15) is 6.42 Å². The van der Waals surface area contributed by atoms with Crippen LogP contribution in [0.15, 0.2) is 18.2 Å². The predicted octanol–water partition coefficient (Wildman–Crippen LogP) is 2.19. The molecule has 0 saturated carbocycles. The van der Waals surface area contributed by atoms with Crippen LogP contribution in [0.4, 0.5) is 8.78 Å². The quantitative estimate of drug-likeness (QED) is 0.791. The molecule has 0 aliphatic heterocycles. The van der Waals surface area contributed by atoms with Crippen molar-refractivity contribution < 1.29 is 13.5 Å². The largest absolute Gasteiger partial charge is 0.489 e. The van der Waals surface area contributed by atoms with Gasteiger partial charge in [0.1, 0.15) is 12.4 Å². The van der Waals surface area contributed by atoms with Gasteiger partial charge < -0.3 is 9.64 Å². The maximum Gasteiger partial charge on any atom is 0.167 e. The Morgan fingerprint density at radius 2 is 2.12 bits per heavy atom. The van der Waals surface area contributed by atoms with Gasteiger partial charge in [-0.1, -0.05) is 0 Å². The Kier molecular flexibility index (Phi) is 4.85. The lowest BCUT2D eigenvalue weighted by Crippen LogP contribution is -2.33. The summed E-state index contributed by atoms with van der Waals surface area (Å²) in [5, 5.41) is 8.62. The van der Waals surface area contributed by atoms with Crippen molar-refractivity contribution in [1.82, 2.24) is 4.90 Å². The lowest BCUT2D eigenvalue weighted by atomic mass is 10.2. The van der Waals surface area contributed by atoms with E-state index < -0.39 is 11.6 Å². The predicted molar refractivity (Wildman–Crippen MR) is 59.6 cm³/mol. The van der Waals surface area contributed by atoms with Crippen molar-refractivity contribution in [3.8, 4) is 11.8 Å². The Hall–Kier alpha value is -1.67. The molecule has 0 spiro atoms. The normalized spacial score (nSPS) is 12.2. The standard InChI is InChI=1S/C12H14F2N2O/c1-16(2)10(5-6-15)8-17-12-4-3-9(13)7-11(12)14/h3-4,7,10H,5,8H2,1-2H3. The highest BCUT2D eigenvalue weighted by molar-refractivity contribution is 5.24. The number of hydrogen-bond donors (Lipinski definition) is 0. The fourth-order valence-corrected chi connectivity index (χ4v) is 1.27. The summed E-state index contributed by atoms with van der Waals surface area (Å²) in [4.78, 5) is 1.82. The number of nitrogens with zero attached hydrogens (tertiary/aromatic N) is 2. The van der Waals surface area contributed by atoms with E-state index in [2.05, 4.69) is 0 Å². The van der Waals surface area contributed by atoms with Crippen LogP contribution in [-0.2, 0) is 0 Å². The molecule has 0 N–H and O–H groups in total. The molecule has 1 aromatic rings. The van der Waals surface area contributed by atoms with E-state index in [1.807, 2.05) is 25.1 Å². The lowest BCUT2D eigenvalue weighted by molar-refractivity contribution is 0.183. The zero-order valence-electron chi connectivity index (χ0n) is 9.78. The van der Waals surface area contributed by atoms with Crippen molar-refractivity contribution in [3.63, 3.8) is 0 Å². The van der Waals surface area contributed by atoms with Crippen LogP contribution in [0.3, 0.4) is 0 Å². The van der Waals surface area contributed by atoms with E-state index in [1.54, 1.807) is 0 Å². The van der Waals surface area contributed by atoms with Gasteiger partial charge in [0.15, 0.2) is 11.6 Å². The van der Waals surface area contributed by atoms with Crippen molar-refractivity contribution in [2.75, 3.05) is 20.7 Å². The summed E-state index contributed by atoms with van der Waals surface area (Å²) in [5.41, 5.74) is 0. The van der Waals surface area contributed by atoms with Crippen molar-refractivity contribution in [2.24, 2.45) is 0 Å². The molecule has 0 aliphatic rings. The zero-order valence-corrected chi connectivity index (χ0v) is 9.78. The Morgan fingerprint density at radius 1 is 1.41 bits per heavy atom. The molecule has 0 fully saturated rings. The van der Waals surface area contributed by atoms with E-state index in [-0.39, 0.29) is 24.8 Å². The van der Waals surface area contributed by atoms with Crippen LogP contribution >= 0.6 is 0 Å². The minimum Gasteiger partial charge on any atom is -0.489 e. The van der Waals surface area contributed by atoms with Gasteiger partial charge in [-0.25, -0.2) is 8.78 Å². The first-order valence-corrected chi connectivity index (χ1v) is 5.16. The first-order chi connectivity index (χ1) is 8.04. The summed E-state index contributed by atoms with van der Waals surface area (Å²) in [6, 6.07) is 5.05. The van der Waals surface area contributed by atoms with Crippen molar-refractivity contribution >= 4 is 0 Å². The van der Waals surface area contributed by atoms with Gasteiger partial charge in [0.25, 0.3) is 0 Å². The fraction of sp³-hybridized carbons (Fsp3) is 0.417. The van der Waals surface area contributed by atoms with Gasteiger partial charge in [0.2, 0.25) is 0 Å². The molecule has 0 bridgehead atoms. The molecule has 0 aromatic heterocycles. The van der Waals surface area contributed by atoms with E-state index in [1.165, 1.54) is 6.07 Å². The number of halogens is 2. The second kappa shape index (κ2) is 6.16. The topological polar surface area (TPSA) is 36.3 Å². The highest BCUT2D eigenvalue weighted by atomic mass is 19.1. The van der Waals surface area contributed by atoms with Crippen molar-refractivity contribution in [2.45, 2.75) is 12.5 Å². The van der Waals surface area contributed by atoms with Gasteiger partial charge >= 0.3 is 0 Å². The summed E-state index contributed by atoms with van der Waals surface area (Å²) in [6.07, 6.45) is 0.288. The third-order valence-electron chi connectivity index (χ3n) is 2.38. The highest BCUT2D eigenvalue weighted by Crippen LogP contribution is 2.18. The molecular weight excluding hydrogens is 226 g/mol. The van der Waals surface area contributed by atoms with E-state index in [4.69, 9.17) is 10.00 Å². The van der Waals surface area contributed by atoms with Gasteiger partial charge in [-0.15, -0.1) is 0 Å². The fourth-order valence-electron chi connectivity index (χ4n) is 1.27. The van der Waals surface area contributed by atoms with Crippen LogP contribution in [0, 0.1) is 23.0 Å². The Labute approximate surface area is 99.2 Å². The summed E-state index contributed by atoms with van der Waals surface area (Å²) < 4.78 is 31.1. The SMILES string of the molecule is CN(C)C(CC#N)COc1ccc(F)cc1F. The summed E-state index contributed by atoms with van der Waals surface area (Å²) >= 11 is 0. The van der Waals surface area contributed by atoms with Gasteiger partial charge in [0.05, 0.1) is 18.5 Å². The summed E-state index contributed by atoms with van der Waals surface area (Å²) in [6.45, 7) is 0.184. The minimum atomic E-state index is -0.737. The van der Waals surface area contributed by atoms with Gasteiger partial charge in [-0.2, -0.15) is 5.26 Å². The molecule has 1 atom stereocenters. The summed E-state index contributed by atoms with van der Waals surface area (Å²) in [5.74, 6) is -1.38. The molecular formula is C12H14F2N2O. The average molecular weight is 240 g/mol. The minimum absolute atomic E-state index is 0.00353. The summed E-state index contributed by atoms with van der Waals surface area (Å²) in [7, 11) is 3.62. The van der Waals surface area contributed by atoms with Crippen molar-refractivity contribution in [3.05, 3.63) is 29.8 Å². The molecule has 3 nitrogen and oxygen atoms in total. The molecule has 1 aromatic carbocycles. The van der Waals surface area contributed by atoms with E-state index >= 15 is 0 Å². The molecule has 92 valence electrons. The van der Waals surface area contributed by atoms with Crippen LogP contribution in [0.2, 0.25) is 0 Å². The molecule has 1 unspecified atom stereocenters. The maximum absolute atomic E-state index is 13.2. The van der Waals surface area contributed by atoms with Crippen LogP contribution in [-0.4, -0.2) is 31.6 Å². The maximum atomic E-state index is 13.2. The van der Waals surface area contributed by atoms with Gasteiger partial charge in [-0.05, 0) is 26.2 Å². The first-order valence-electron chi connectivity index (χ1n) is 5.16. The monoisotopic (exact) mass is 240 g/mol. The third kappa shape index (κ3) is 4.00. The number of nitriles is 1. The first kappa shape index (κ1) is 13.4. The number of hydrogen-bond acceptors (Lipinski definition) is 3. The lowest BCUT2D eigenvalue weighted by Gasteiger charge is -2.21. The van der Waals surface area contributed by atoms with Crippen LogP contribution in [0.5, 0.6) is 5.75 Å². The molecule has 0 radical (unpaired) electrons. The molecule has 0 heterocycles. The van der Waals surface area contributed by atoms with E-state index in [9.17, 15) is 8.78 Å². The molecule has 5 heteroatoms. The molecule has 0 aliphatic carbocycles. The number of ether oxygens (including phenoxy) is 1. The molecule has 1 rings (SSSR count). The van der Waals surface area contributed by atoms with Crippen LogP contribution < -0.4 is 4.74 Å². The number of benzene rings is 1. The second-order valence-corrected chi connectivity index (χ2v) is 3.87. The zero-order chi connectivity index (χ0) is 12.8. The Bertz CT molecular complexity index is 415. The van der Waals surface area contributed by atoms with Crippen molar-refractivity contribution in [1.29, 1.82) is 5.26 Å². The third-order valence-corrected chi connectivity index (χ3v) is 2.38. The number of rotatable bonds is 5. The molecule has 0 amide bonds.